The molecule has 1 heterocycles. The second-order valence-electron chi connectivity index (χ2n) is 7.96. The fourth-order valence-corrected chi connectivity index (χ4v) is 5.60. The van der Waals surface area contributed by atoms with Crippen LogP contribution in [0.3, 0.4) is 0 Å². The number of quaternary nitrogens is 2. The Hall–Kier alpha value is -0.260. The summed E-state index contributed by atoms with van der Waals surface area (Å²) in [5.74, 6) is -0.766. The fraction of sp³-hybridized carbons (Fsp3) is 1.00. The molecule has 0 unspecified atom stereocenters. The van der Waals surface area contributed by atoms with E-state index in [-0.39, 0.29) is 24.3 Å². The molecule has 0 atom stereocenters. The van der Waals surface area contributed by atoms with Gasteiger partial charge in [-0.1, -0.05) is 6.42 Å². The van der Waals surface area contributed by atoms with Gasteiger partial charge in [0.2, 0.25) is 0 Å². The molecule has 0 bridgehead atoms. The summed E-state index contributed by atoms with van der Waals surface area (Å²) in [5, 5.41) is 0. The lowest BCUT2D eigenvalue weighted by Crippen LogP contribution is -3.19. The van der Waals surface area contributed by atoms with E-state index in [0.717, 1.165) is 26.2 Å². The summed E-state index contributed by atoms with van der Waals surface area (Å²) < 4.78 is 66.0. The highest BCUT2D eigenvalue weighted by molar-refractivity contribution is 7.85. The van der Waals surface area contributed by atoms with E-state index < -0.39 is 20.2 Å². The van der Waals surface area contributed by atoms with Crippen LogP contribution < -0.4 is 4.90 Å². The Balaban J connectivity index is 1.92. The van der Waals surface area contributed by atoms with Crippen molar-refractivity contribution < 1.29 is 35.3 Å². The van der Waals surface area contributed by atoms with Crippen molar-refractivity contribution in [3.8, 4) is 0 Å². The predicted molar refractivity (Wildman–Crippen MR) is 95.7 cm³/mol. The molecule has 2 fully saturated rings. The molecule has 1 saturated carbocycles. The van der Waals surface area contributed by atoms with Gasteiger partial charge in [0.15, 0.2) is 0 Å². The molecule has 1 saturated heterocycles. The zero-order valence-electron chi connectivity index (χ0n) is 15.4. The molecular weight excluding hydrogens is 380 g/mol. The molecular formula is C16H32N2O6S2. The highest BCUT2D eigenvalue weighted by atomic mass is 32.2. The summed E-state index contributed by atoms with van der Waals surface area (Å²) in [5.41, 5.74) is 0. The van der Waals surface area contributed by atoms with Crippen molar-refractivity contribution in [2.45, 2.75) is 51.0 Å². The quantitative estimate of drug-likeness (QED) is 0.379. The molecule has 26 heavy (non-hydrogen) atoms. The second kappa shape index (κ2) is 9.29. The molecule has 0 aromatic carbocycles. The number of hydrogen-bond donors (Lipinski definition) is 1. The SMILES string of the molecule is O=S(=O)([O-])CCC[N+]1(CCCS(=O)(=O)[O-])CC[NH+](C2CCCCC2)CC1. The Morgan fingerprint density at radius 3 is 1.69 bits per heavy atom. The molecule has 10 heteroatoms. The average Bonchev–Trinajstić information content (AvgIpc) is 2.54. The standard InChI is InChI=1S/C16H32N2O6S2/c19-25(20,21)14-4-10-18(11-5-15-26(22,23)24)12-8-17(9-13-18)16-6-2-1-3-7-16/h16H,1-15H2,(H-,19,20,21,22,23,24). The van der Waals surface area contributed by atoms with Crippen LogP contribution in [0.5, 0.6) is 0 Å². The summed E-state index contributed by atoms with van der Waals surface area (Å²) >= 11 is 0. The third-order valence-electron chi connectivity index (χ3n) is 6.05. The molecule has 1 N–H and O–H groups in total. The largest absolute Gasteiger partial charge is 0.748 e. The van der Waals surface area contributed by atoms with Crippen LogP contribution in [0.1, 0.15) is 44.9 Å². The smallest absolute Gasteiger partial charge is 0.129 e. The zero-order valence-corrected chi connectivity index (χ0v) is 17.0. The number of rotatable bonds is 9. The van der Waals surface area contributed by atoms with Gasteiger partial charge < -0.3 is 18.5 Å². The Morgan fingerprint density at radius 1 is 0.808 bits per heavy atom. The van der Waals surface area contributed by atoms with Crippen molar-refractivity contribution >= 4 is 20.2 Å². The maximum Gasteiger partial charge on any atom is 0.129 e. The number of nitrogens with zero attached hydrogens (tertiary/aromatic N) is 1. The Morgan fingerprint density at radius 2 is 1.27 bits per heavy atom. The van der Waals surface area contributed by atoms with Gasteiger partial charge in [-0.25, -0.2) is 16.8 Å². The Labute approximate surface area is 157 Å². The summed E-state index contributed by atoms with van der Waals surface area (Å²) in [6.45, 7) is 4.78. The molecule has 1 aliphatic carbocycles. The van der Waals surface area contributed by atoms with Gasteiger partial charge in [-0.2, -0.15) is 0 Å². The maximum absolute atomic E-state index is 10.9. The normalized spacial score (nSPS) is 23.2. The Bertz CT molecular complexity index is 596. The highest BCUT2D eigenvalue weighted by Crippen LogP contribution is 2.17. The van der Waals surface area contributed by atoms with Crippen molar-refractivity contribution in [3.63, 3.8) is 0 Å². The van der Waals surface area contributed by atoms with Gasteiger partial charge in [0.1, 0.15) is 26.2 Å². The third kappa shape index (κ3) is 7.77. The summed E-state index contributed by atoms with van der Waals surface area (Å²) in [4.78, 5) is 1.60. The van der Waals surface area contributed by atoms with E-state index in [2.05, 4.69) is 0 Å². The van der Waals surface area contributed by atoms with Crippen LogP contribution in [0.15, 0.2) is 0 Å². The minimum absolute atomic E-state index is 0.286. The first-order valence-electron chi connectivity index (χ1n) is 9.65. The van der Waals surface area contributed by atoms with Gasteiger partial charge in [0, 0.05) is 24.3 Å². The molecule has 2 aliphatic rings. The molecule has 0 spiro atoms. The average molecular weight is 413 g/mol. The van der Waals surface area contributed by atoms with E-state index in [1.807, 2.05) is 0 Å². The predicted octanol–water partition coefficient (Wildman–Crippen LogP) is -1.09. The van der Waals surface area contributed by atoms with Gasteiger partial charge >= 0.3 is 0 Å². The van der Waals surface area contributed by atoms with E-state index in [4.69, 9.17) is 0 Å². The van der Waals surface area contributed by atoms with E-state index in [9.17, 15) is 25.9 Å². The van der Waals surface area contributed by atoms with Crippen molar-refractivity contribution in [1.29, 1.82) is 0 Å². The van der Waals surface area contributed by atoms with Crippen LogP contribution >= 0.6 is 0 Å². The van der Waals surface area contributed by atoms with E-state index in [1.54, 1.807) is 4.90 Å². The van der Waals surface area contributed by atoms with Gasteiger partial charge in [-0.05, 0) is 25.7 Å². The van der Waals surface area contributed by atoms with Crippen LogP contribution in [0.4, 0.5) is 0 Å². The van der Waals surface area contributed by atoms with Crippen molar-refractivity contribution in [1.82, 2.24) is 0 Å². The van der Waals surface area contributed by atoms with Gasteiger partial charge in [0.25, 0.3) is 0 Å². The van der Waals surface area contributed by atoms with E-state index in [1.165, 1.54) is 32.1 Å². The maximum atomic E-state index is 10.9. The summed E-state index contributed by atoms with van der Waals surface area (Å²) in [7, 11) is -8.47. The van der Waals surface area contributed by atoms with E-state index >= 15 is 0 Å². The molecule has 0 radical (unpaired) electrons. The number of nitrogens with one attached hydrogen (secondary N) is 1. The lowest BCUT2D eigenvalue weighted by Gasteiger charge is -2.45. The van der Waals surface area contributed by atoms with Gasteiger partial charge in [-0.15, -0.1) is 0 Å². The topological polar surface area (TPSA) is 119 Å². The molecule has 2 rings (SSSR count). The zero-order chi connectivity index (χ0) is 19.3. The minimum Gasteiger partial charge on any atom is -0.748 e. The molecule has 8 nitrogen and oxygen atoms in total. The number of piperazine rings is 1. The first-order valence-corrected chi connectivity index (χ1v) is 12.8. The molecule has 154 valence electrons. The monoisotopic (exact) mass is 412 g/mol. The lowest BCUT2D eigenvalue weighted by atomic mass is 9.93. The van der Waals surface area contributed by atoms with Crippen molar-refractivity contribution in [2.24, 2.45) is 0 Å². The van der Waals surface area contributed by atoms with Crippen molar-refractivity contribution in [3.05, 3.63) is 0 Å². The van der Waals surface area contributed by atoms with Crippen LogP contribution in [-0.2, 0) is 20.2 Å². The highest BCUT2D eigenvalue weighted by Gasteiger charge is 2.37. The molecule has 0 amide bonds. The van der Waals surface area contributed by atoms with Crippen molar-refractivity contribution in [2.75, 3.05) is 50.8 Å². The van der Waals surface area contributed by atoms with Crippen LogP contribution in [0.2, 0.25) is 0 Å². The number of hydrogen-bond acceptors (Lipinski definition) is 6. The van der Waals surface area contributed by atoms with E-state index in [0.29, 0.717) is 23.6 Å². The van der Waals surface area contributed by atoms with Gasteiger partial charge in [0.05, 0.1) is 39.4 Å². The van der Waals surface area contributed by atoms with Crippen LogP contribution in [-0.4, -0.2) is 87.2 Å². The van der Waals surface area contributed by atoms with Crippen LogP contribution in [0, 0.1) is 0 Å². The molecule has 0 aromatic heterocycles. The molecule has 0 aromatic rings. The lowest BCUT2D eigenvalue weighted by molar-refractivity contribution is -1.03. The second-order valence-corrected chi connectivity index (χ2v) is 11.0. The summed E-state index contributed by atoms with van der Waals surface area (Å²) in [6, 6.07) is 0.704. The summed E-state index contributed by atoms with van der Waals surface area (Å²) in [6.07, 6.45) is 6.99. The van der Waals surface area contributed by atoms with Gasteiger partial charge in [-0.3, -0.25) is 0 Å². The Kier molecular flexibility index (Phi) is 7.87. The molecule has 1 aliphatic heterocycles. The first kappa shape index (κ1) is 22.0. The third-order valence-corrected chi connectivity index (χ3v) is 7.63. The fourth-order valence-electron chi connectivity index (χ4n) is 4.63. The van der Waals surface area contributed by atoms with Crippen LogP contribution in [0.25, 0.3) is 0 Å². The minimum atomic E-state index is -4.23. The first-order chi connectivity index (χ1) is 12.1.